The van der Waals surface area contributed by atoms with Gasteiger partial charge in [-0.1, -0.05) is 12.1 Å². The van der Waals surface area contributed by atoms with Gasteiger partial charge in [-0.3, -0.25) is 9.89 Å². The molecule has 1 amide bonds. The summed E-state index contributed by atoms with van der Waals surface area (Å²) in [4.78, 5) is 23.4. The second-order valence-corrected chi connectivity index (χ2v) is 6.20. The monoisotopic (exact) mass is 324 g/mol. The molecule has 1 saturated heterocycles. The minimum Gasteiger partial charge on any atom is -0.332 e. The van der Waals surface area contributed by atoms with Crippen LogP contribution in [0.25, 0.3) is 11.0 Å². The lowest BCUT2D eigenvalue weighted by atomic mass is 10.2. The van der Waals surface area contributed by atoms with Crippen LogP contribution in [0.5, 0.6) is 0 Å². The highest BCUT2D eigenvalue weighted by atomic mass is 16.2. The fourth-order valence-electron chi connectivity index (χ4n) is 3.39. The molecule has 0 unspecified atom stereocenters. The summed E-state index contributed by atoms with van der Waals surface area (Å²) >= 11 is 0. The molecule has 0 radical (unpaired) electrons. The molecule has 0 spiro atoms. The zero-order chi connectivity index (χ0) is 16.5. The Morgan fingerprint density at radius 3 is 3.08 bits per heavy atom. The van der Waals surface area contributed by atoms with E-state index in [2.05, 4.69) is 20.2 Å². The molecule has 7 nitrogen and oxygen atoms in total. The van der Waals surface area contributed by atoms with Crippen LogP contribution in [0.1, 0.15) is 37.0 Å². The molecule has 0 bridgehead atoms. The van der Waals surface area contributed by atoms with E-state index in [1.807, 2.05) is 40.7 Å². The quantitative estimate of drug-likeness (QED) is 0.798. The molecule has 1 aliphatic rings. The maximum atomic E-state index is 12.7. The summed E-state index contributed by atoms with van der Waals surface area (Å²) in [6, 6.07) is 7.97. The molecule has 3 aromatic rings. The van der Waals surface area contributed by atoms with Gasteiger partial charge in [-0.05, 0) is 31.9 Å². The highest BCUT2D eigenvalue weighted by Gasteiger charge is 2.32. The number of aryl methyl sites for hydroxylation is 2. The first-order valence-electron chi connectivity index (χ1n) is 8.30. The molecule has 124 valence electrons. The molecule has 0 aliphatic carbocycles. The average molecular weight is 324 g/mol. The van der Waals surface area contributed by atoms with E-state index >= 15 is 0 Å². The smallest absolute Gasteiger partial charge is 0.224 e. The summed E-state index contributed by atoms with van der Waals surface area (Å²) in [6.07, 6.45) is 4.19. The number of likely N-dealkylation sites (tertiary alicyclic amines) is 1. The third-order valence-electron chi connectivity index (χ3n) is 4.58. The number of para-hydroxylation sites is 2. The molecule has 1 fully saturated rings. The predicted octanol–water partition coefficient (Wildman–Crippen LogP) is 2.22. The van der Waals surface area contributed by atoms with Crippen molar-refractivity contribution in [3.63, 3.8) is 0 Å². The summed E-state index contributed by atoms with van der Waals surface area (Å²) in [6.45, 7) is 3.29. The highest BCUT2D eigenvalue weighted by Crippen LogP contribution is 2.30. The van der Waals surface area contributed by atoms with Crippen LogP contribution in [0.2, 0.25) is 0 Å². The number of rotatable bonds is 4. The van der Waals surface area contributed by atoms with E-state index in [1.54, 1.807) is 6.33 Å². The number of aromatic nitrogens is 5. The number of imidazole rings is 1. The standard InChI is InChI=1S/C17H20N6O/c1-12-19-17(21-20-12)15-7-4-9-23(15)16(24)8-10-22-11-18-13-5-2-3-6-14(13)22/h2-3,5-6,11,15H,4,7-10H2,1H3,(H,19,20,21)/t15-/m1/s1. The molecule has 2 aromatic heterocycles. The van der Waals surface area contributed by atoms with Crippen molar-refractivity contribution in [2.75, 3.05) is 6.54 Å². The molecule has 1 N–H and O–H groups in total. The second-order valence-electron chi connectivity index (χ2n) is 6.20. The van der Waals surface area contributed by atoms with Crippen molar-refractivity contribution < 1.29 is 4.79 Å². The van der Waals surface area contributed by atoms with Gasteiger partial charge in [0.2, 0.25) is 5.91 Å². The van der Waals surface area contributed by atoms with E-state index in [-0.39, 0.29) is 11.9 Å². The first-order chi connectivity index (χ1) is 11.7. The van der Waals surface area contributed by atoms with Crippen LogP contribution in [0.4, 0.5) is 0 Å². The lowest BCUT2D eigenvalue weighted by Gasteiger charge is -2.22. The summed E-state index contributed by atoms with van der Waals surface area (Å²) in [5.41, 5.74) is 2.02. The zero-order valence-electron chi connectivity index (χ0n) is 13.6. The predicted molar refractivity (Wildman–Crippen MR) is 89.2 cm³/mol. The van der Waals surface area contributed by atoms with Gasteiger partial charge in [0.25, 0.3) is 0 Å². The van der Waals surface area contributed by atoms with E-state index in [0.717, 1.165) is 42.1 Å². The number of carbonyl (C=O) groups excluding carboxylic acids is 1. The Labute approximate surface area is 139 Å². The Morgan fingerprint density at radius 2 is 2.25 bits per heavy atom. The first-order valence-corrected chi connectivity index (χ1v) is 8.30. The molecule has 3 heterocycles. The fourth-order valence-corrected chi connectivity index (χ4v) is 3.39. The van der Waals surface area contributed by atoms with Crippen LogP contribution in [-0.2, 0) is 11.3 Å². The number of nitrogens with zero attached hydrogens (tertiary/aromatic N) is 5. The Bertz CT molecular complexity index is 867. The molecule has 7 heteroatoms. The molecule has 4 rings (SSSR count). The number of nitrogens with one attached hydrogen (secondary N) is 1. The first kappa shape index (κ1) is 14.9. The molecule has 1 aromatic carbocycles. The number of carbonyl (C=O) groups is 1. The van der Waals surface area contributed by atoms with Crippen molar-refractivity contribution in [3.8, 4) is 0 Å². The average Bonchev–Trinajstić information content (AvgIpc) is 3.31. The number of fused-ring (bicyclic) bond motifs is 1. The van der Waals surface area contributed by atoms with Crippen LogP contribution in [0, 0.1) is 6.92 Å². The maximum absolute atomic E-state index is 12.7. The molecule has 24 heavy (non-hydrogen) atoms. The lowest BCUT2D eigenvalue weighted by Crippen LogP contribution is -2.31. The summed E-state index contributed by atoms with van der Waals surface area (Å²) in [5, 5.41) is 7.10. The minimum atomic E-state index is 0.00183. The van der Waals surface area contributed by atoms with Crippen LogP contribution in [0.3, 0.4) is 0 Å². The minimum absolute atomic E-state index is 0.00183. The van der Waals surface area contributed by atoms with Crippen molar-refractivity contribution in [1.29, 1.82) is 0 Å². The summed E-state index contributed by atoms with van der Waals surface area (Å²) < 4.78 is 2.04. The number of H-pyrrole nitrogens is 1. The maximum Gasteiger partial charge on any atom is 0.224 e. The van der Waals surface area contributed by atoms with Crippen molar-refractivity contribution in [1.82, 2.24) is 29.6 Å². The molecular weight excluding hydrogens is 304 g/mol. The lowest BCUT2D eigenvalue weighted by molar-refractivity contribution is -0.132. The van der Waals surface area contributed by atoms with E-state index in [1.165, 1.54) is 0 Å². The summed E-state index contributed by atoms with van der Waals surface area (Å²) in [5.74, 6) is 1.67. The molecule has 1 aliphatic heterocycles. The Hall–Kier alpha value is -2.70. The van der Waals surface area contributed by atoms with Crippen LogP contribution in [0.15, 0.2) is 30.6 Å². The van der Waals surface area contributed by atoms with Crippen LogP contribution in [-0.4, -0.2) is 42.1 Å². The van der Waals surface area contributed by atoms with Crippen molar-refractivity contribution >= 4 is 16.9 Å². The van der Waals surface area contributed by atoms with Crippen LogP contribution < -0.4 is 0 Å². The number of amides is 1. The van der Waals surface area contributed by atoms with Gasteiger partial charge in [0.15, 0.2) is 5.82 Å². The number of aromatic amines is 1. The Morgan fingerprint density at radius 1 is 1.38 bits per heavy atom. The van der Waals surface area contributed by atoms with Crippen molar-refractivity contribution in [2.45, 2.75) is 38.8 Å². The number of hydrogen-bond donors (Lipinski definition) is 1. The van der Waals surface area contributed by atoms with Crippen molar-refractivity contribution in [3.05, 3.63) is 42.2 Å². The second kappa shape index (κ2) is 6.07. The SMILES string of the molecule is Cc1nc([C@H]2CCCN2C(=O)CCn2cnc3ccccc32)n[nH]1. The van der Waals surface area contributed by atoms with E-state index in [9.17, 15) is 4.79 Å². The van der Waals surface area contributed by atoms with Gasteiger partial charge in [-0.15, -0.1) is 0 Å². The molecule has 0 saturated carbocycles. The number of hydrogen-bond acceptors (Lipinski definition) is 4. The largest absolute Gasteiger partial charge is 0.332 e. The van der Waals surface area contributed by atoms with Gasteiger partial charge < -0.3 is 9.47 Å². The normalized spacial score (nSPS) is 17.7. The van der Waals surface area contributed by atoms with Gasteiger partial charge in [0.05, 0.1) is 23.4 Å². The van der Waals surface area contributed by atoms with E-state index < -0.39 is 0 Å². The molecule has 1 atom stereocenters. The third kappa shape index (κ3) is 2.66. The van der Waals surface area contributed by atoms with Crippen molar-refractivity contribution in [2.24, 2.45) is 0 Å². The van der Waals surface area contributed by atoms with Gasteiger partial charge in [-0.2, -0.15) is 5.10 Å². The zero-order valence-corrected chi connectivity index (χ0v) is 13.6. The van der Waals surface area contributed by atoms with E-state index in [4.69, 9.17) is 0 Å². The summed E-state index contributed by atoms with van der Waals surface area (Å²) in [7, 11) is 0. The highest BCUT2D eigenvalue weighted by molar-refractivity contribution is 5.78. The van der Waals surface area contributed by atoms with Gasteiger partial charge in [0.1, 0.15) is 5.82 Å². The van der Waals surface area contributed by atoms with Crippen LogP contribution >= 0.6 is 0 Å². The molecular formula is C17H20N6O. The third-order valence-corrected chi connectivity index (χ3v) is 4.58. The van der Waals surface area contributed by atoms with Gasteiger partial charge in [-0.25, -0.2) is 9.97 Å². The Balaban J connectivity index is 1.45. The van der Waals surface area contributed by atoms with E-state index in [0.29, 0.717) is 13.0 Å². The van der Waals surface area contributed by atoms with Gasteiger partial charge >= 0.3 is 0 Å². The number of benzene rings is 1. The topological polar surface area (TPSA) is 79.7 Å². The Kier molecular flexibility index (Phi) is 3.76. The fraction of sp³-hybridized carbons (Fsp3) is 0.412. The van der Waals surface area contributed by atoms with Gasteiger partial charge in [0, 0.05) is 19.5 Å².